The van der Waals surface area contributed by atoms with E-state index >= 15 is 0 Å². The number of aromatic amines is 1. The Bertz CT molecular complexity index is 859. The molecule has 0 aromatic carbocycles. The van der Waals surface area contributed by atoms with Crippen LogP contribution in [-0.4, -0.2) is 52.7 Å². The van der Waals surface area contributed by atoms with Crippen LogP contribution in [0.3, 0.4) is 0 Å². The molecule has 0 spiro atoms. The number of aryl methyl sites for hydroxylation is 2. The third-order valence-electron chi connectivity index (χ3n) is 5.02. The van der Waals surface area contributed by atoms with Crippen LogP contribution in [0.2, 0.25) is 0 Å². The number of carbonyl (C=O) groups is 1. The number of carbonyl (C=O) groups excluding carboxylic acids is 1. The summed E-state index contributed by atoms with van der Waals surface area (Å²) in [6.45, 7) is 3.53. The van der Waals surface area contributed by atoms with Crippen LogP contribution in [0.4, 0.5) is 0 Å². The quantitative estimate of drug-likeness (QED) is 0.714. The van der Waals surface area contributed by atoms with E-state index in [9.17, 15) is 9.59 Å². The minimum atomic E-state index is -0.00172. The SMILES string of the molecule is Cl.O=C(CCSCc1nc2sc3c(c2c(=O)[nH]1)CCC3)N1CCCNCC1. The van der Waals surface area contributed by atoms with Crippen LogP contribution < -0.4 is 10.9 Å². The Balaban J connectivity index is 0.00000210. The summed E-state index contributed by atoms with van der Waals surface area (Å²) >= 11 is 3.33. The zero-order chi connectivity index (χ0) is 17.9. The van der Waals surface area contributed by atoms with Crippen molar-refractivity contribution in [2.45, 2.75) is 37.9 Å². The summed E-state index contributed by atoms with van der Waals surface area (Å²) < 4.78 is 0. The van der Waals surface area contributed by atoms with Crippen molar-refractivity contribution in [3.63, 3.8) is 0 Å². The molecule has 0 radical (unpaired) electrons. The van der Waals surface area contributed by atoms with Crippen molar-refractivity contribution < 1.29 is 4.79 Å². The molecule has 1 aliphatic heterocycles. The minimum absolute atomic E-state index is 0. The molecule has 0 atom stereocenters. The third kappa shape index (κ3) is 4.67. The lowest BCUT2D eigenvalue weighted by Crippen LogP contribution is -2.34. The highest BCUT2D eigenvalue weighted by atomic mass is 35.5. The fourth-order valence-corrected chi connectivity index (χ4v) is 5.77. The molecule has 2 aromatic rings. The van der Waals surface area contributed by atoms with E-state index in [4.69, 9.17) is 0 Å². The topological polar surface area (TPSA) is 78.1 Å². The highest BCUT2D eigenvalue weighted by molar-refractivity contribution is 7.98. The Morgan fingerprint density at radius 3 is 3.00 bits per heavy atom. The van der Waals surface area contributed by atoms with E-state index in [0.717, 1.165) is 73.7 Å². The first-order valence-electron chi connectivity index (χ1n) is 9.32. The van der Waals surface area contributed by atoms with Gasteiger partial charge in [-0.25, -0.2) is 4.98 Å². The van der Waals surface area contributed by atoms with Crippen LogP contribution in [0.15, 0.2) is 4.79 Å². The largest absolute Gasteiger partial charge is 0.341 e. The van der Waals surface area contributed by atoms with Crippen molar-refractivity contribution in [1.29, 1.82) is 0 Å². The van der Waals surface area contributed by atoms with Crippen molar-refractivity contribution in [2.24, 2.45) is 0 Å². The van der Waals surface area contributed by atoms with Crippen molar-refractivity contribution >= 4 is 51.6 Å². The molecule has 1 fully saturated rings. The number of thiophene rings is 1. The zero-order valence-corrected chi connectivity index (χ0v) is 17.7. The molecule has 2 aromatic heterocycles. The minimum Gasteiger partial charge on any atom is -0.341 e. The summed E-state index contributed by atoms with van der Waals surface area (Å²) in [5.74, 6) is 2.35. The number of nitrogens with zero attached hydrogens (tertiary/aromatic N) is 2. The molecule has 2 aliphatic rings. The van der Waals surface area contributed by atoms with Gasteiger partial charge in [-0.3, -0.25) is 9.59 Å². The molecular weight excluding hydrogens is 404 g/mol. The van der Waals surface area contributed by atoms with Gasteiger partial charge >= 0.3 is 0 Å². The van der Waals surface area contributed by atoms with Crippen molar-refractivity contribution in [3.05, 3.63) is 26.6 Å². The van der Waals surface area contributed by atoms with Crippen LogP contribution in [0.5, 0.6) is 0 Å². The molecule has 9 heteroatoms. The number of hydrogen-bond donors (Lipinski definition) is 2. The highest BCUT2D eigenvalue weighted by Gasteiger charge is 2.21. The highest BCUT2D eigenvalue weighted by Crippen LogP contribution is 2.34. The van der Waals surface area contributed by atoms with Gasteiger partial charge in [0.1, 0.15) is 10.7 Å². The standard InChI is InChI=1S/C18H24N4O2S2.ClH/c23-15(22-8-2-6-19-7-9-22)5-10-25-11-14-20-17(24)16-12-3-1-4-13(12)26-18(16)21-14;/h19H,1-11H2,(H,20,21,24);1H. The zero-order valence-electron chi connectivity index (χ0n) is 15.2. The maximum atomic E-state index is 12.4. The number of halogens is 1. The molecule has 27 heavy (non-hydrogen) atoms. The molecule has 0 unspecified atom stereocenters. The Kier molecular flexibility index (Phi) is 7.19. The number of amides is 1. The molecule has 1 saturated heterocycles. The van der Waals surface area contributed by atoms with Gasteiger partial charge < -0.3 is 15.2 Å². The van der Waals surface area contributed by atoms with Gasteiger partial charge in [-0.2, -0.15) is 11.8 Å². The second-order valence-corrected chi connectivity index (χ2v) is 9.03. The van der Waals surface area contributed by atoms with Gasteiger partial charge in [0.15, 0.2) is 0 Å². The van der Waals surface area contributed by atoms with E-state index in [1.54, 1.807) is 23.1 Å². The maximum Gasteiger partial charge on any atom is 0.259 e. The molecule has 148 valence electrons. The van der Waals surface area contributed by atoms with Gasteiger partial charge in [-0.05, 0) is 37.8 Å². The first-order chi connectivity index (χ1) is 12.7. The van der Waals surface area contributed by atoms with E-state index in [0.29, 0.717) is 12.2 Å². The normalized spacial score (nSPS) is 16.8. The Morgan fingerprint density at radius 1 is 1.22 bits per heavy atom. The Morgan fingerprint density at radius 2 is 2.11 bits per heavy atom. The maximum absolute atomic E-state index is 12.4. The average molecular weight is 429 g/mol. The van der Waals surface area contributed by atoms with Crippen molar-refractivity contribution in [3.8, 4) is 0 Å². The molecule has 2 N–H and O–H groups in total. The lowest BCUT2D eigenvalue weighted by atomic mass is 10.2. The fourth-order valence-electron chi connectivity index (χ4n) is 3.70. The first-order valence-corrected chi connectivity index (χ1v) is 11.3. The summed E-state index contributed by atoms with van der Waals surface area (Å²) in [4.78, 5) is 36.5. The smallest absolute Gasteiger partial charge is 0.259 e. The summed E-state index contributed by atoms with van der Waals surface area (Å²) in [6, 6.07) is 0. The van der Waals surface area contributed by atoms with E-state index in [2.05, 4.69) is 15.3 Å². The van der Waals surface area contributed by atoms with Gasteiger partial charge in [0, 0.05) is 36.7 Å². The second kappa shape index (κ2) is 9.41. The van der Waals surface area contributed by atoms with Gasteiger partial charge in [0.2, 0.25) is 5.91 Å². The van der Waals surface area contributed by atoms with Crippen LogP contribution in [0.25, 0.3) is 10.2 Å². The van der Waals surface area contributed by atoms with E-state index in [-0.39, 0.29) is 23.9 Å². The molecule has 1 amide bonds. The predicted molar refractivity (Wildman–Crippen MR) is 114 cm³/mol. The molecule has 4 rings (SSSR count). The van der Waals surface area contributed by atoms with Gasteiger partial charge in [-0.15, -0.1) is 23.7 Å². The number of hydrogen-bond acceptors (Lipinski definition) is 6. The molecule has 1 aliphatic carbocycles. The summed E-state index contributed by atoms with van der Waals surface area (Å²) in [7, 11) is 0. The number of fused-ring (bicyclic) bond motifs is 3. The Hall–Kier alpha value is -1.09. The predicted octanol–water partition coefficient (Wildman–Crippen LogP) is 2.34. The average Bonchev–Trinajstić information content (AvgIpc) is 3.08. The fraction of sp³-hybridized carbons (Fsp3) is 0.611. The first kappa shape index (κ1) is 20.6. The molecule has 0 saturated carbocycles. The Labute approximate surface area is 172 Å². The number of aromatic nitrogens is 2. The number of nitrogens with one attached hydrogen (secondary N) is 2. The van der Waals surface area contributed by atoms with Crippen molar-refractivity contribution in [2.75, 3.05) is 31.9 Å². The third-order valence-corrected chi connectivity index (χ3v) is 7.17. The lowest BCUT2D eigenvalue weighted by molar-refractivity contribution is -0.130. The summed E-state index contributed by atoms with van der Waals surface area (Å²) in [5, 5.41) is 4.12. The van der Waals surface area contributed by atoms with E-state index < -0.39 is 0 Å². The summed E-state index contributed by atoms with van der Waals surface area (Å²) in [5.41, 5.74) is 1.22. The van der Waals surface area contributed by atoms with Crippen LogP contribution >= 0.6 is 35.5 Å². The summed E-state index contributed by atoms with van der Waals surface area (Å²) in [6.07, 6.45) is 4.80. The van der Waals surface area contributed by atoms with Crippen LogP contribution in [0.1, 0.15) is 35.5 Å². The lowest BCUT2D eigenvalue weighted by Gasteiger charge is -2.19. The molecule has 0 bridgehead atoms. The second-order valence-electron chi connectivity index (χ2n) is 6.84. The van der Waals surface area contributed by atoms with Crippen LogP contribution in [0, 0.1) is 0 Å². The molecule has 3 heterocycles. The van der Waals surface area contributed by atoms with Crippen molar-refractivity contribution in [1.82, 2.24) is 20.2 Å². The van der Waals surface area contributed by atoms with Gasteiger partial charge in [0.05, 0.1) is 11.1 Å². The number of thioether (sulfide) groups is 1. The monoisotopic (exact) mass is 428 g/mol. The number of rotatable bonds is 5. The molecule has 6 nitrogen and oxygen atoms in total. The van der Waals surface area contributed by atoms with E-state index in [1.165, 1.54) is 10.4 Å². The van der Waals surface area contributed by atoms with Gasteiger partial charge in [-0.1, -0.05) is 0 Å². The van der Waals surface area contributed by atoms with Gasteiger partial charge in [0.25, 0.3) is 5.56 Å². The van der Waals surface area contributed by atoms with Crippen LogP contribution in [-0.2, 0) is 23.4 Å². The molecular formula is C18H25ClN4O2S2. The van der Waals surface area contributed by atoms with E-state index in [1.807, 2.05) is 4.90 Å². The number of H-pyrrole nitrogens is 1.